The molecule has 5 heteroatoms. The van der Waals surface area contributed by atoms with Crippen LogP contribution in [-0.4, -0.2) is 21.1 Å². The highest BCUT2D eigenvalue weighted by Crippen LogP contribution is 2.37. The van der Waals surface area contributed by atoms with Crippen LogP contribution < -0.4 is 0 Å². The van der Waals surface area contributed by atoms with Crippen molar-refractivity contribution in [3.63, 3.8) is 0 Å². The van der Waals surface area contributed by atoms with Gasteiger partial charge in [-0.2, -0.15) is 13.2 Å². The van der Waals surface area contributed by atoms with Crippen LogP contribution in [0, 0.1) is 11.8 Å². The first-order chi connectivity index (χ1) is 10.9. The summed E-state index contributed by atoms with van der Waals surface area (Å²) in [5, 5.41) is -0.136. The van der Waals surface area contributed by atoms with Gasteiger partial charge >= 0.3 is 6.18 Å². The Balaban J connectivity index is 2.80. The Kier molecular flexibility index (Phi) is 6.88. The zero-order chi connectivity index (χ0) is 18.4. The van der Waals surface area contributed by atoms with Crippen LogP contribution in [0.25, 0.3) is 0 Å². The van der Waals surface area contributed by atoms with Gasteiger partial charge in [-0.3, -0.25) is 0 Å². The maximum atomic E-state index is 13.1. The molecule has 0 fully saturated rings. The van der Waals surface area contributed by atoms with Crippen molar-refractivity contribution in [3.05, 3.63) is 47.5 Å². The molecule has 0 aliphatic rings. The van der Waals surface area contributed by atoms with Gasteiger partial charge in [0, 0.05) is 6.42 Å². The van der Waals surface area contributed by atoms with Crippen molar-refractivity contribution >= 4 is 8.32 Å². The first-order valence-electron chi connectivity index (χ1n) is 7.86. The van der Waals surface area contributed by atoms with E-state index in [1.54, 1.807) is 0 Å². The third kappa shape index (κ3) is 6.54. The van der Waals surface area contributed by atoms with Gasteiger partial charge in [0.1, 0.15) is 0 Å². The molecule has 0 aliphatic heterocycles. The third-order valence-electron chi connectivity index (χ3n) is 4.24. The van der Waals surface area contributed by atoms with Gasteiger partial charge in [0.25, 0.3) is 0 Å². The van der Waals surface area contributed by atoms with E-state index in [-0.39, 0.29) is 5.04 Å². The summed E-state index contributed by atoms with van der Waals surface area (Å²) in [6.07, 6.45) is -3.06. The molecule has 24 heavy (non-hydrogen) atoms. The van der Waals surface area contributed by atoms with Crippen molar-refractivity contribution in [2.24, 2.45) is 0 Å². The van der Waals surface area contributed by atoms with E-state index < -0.39 is 26.7 Å². The van der Waals surface area contributed by atoms with Crippen molar-refractivity contribution in [1.82, 2.24) is 0 Å². The van der Waals surface area contributed by atoms with Crippen LogP contribution in [-0.2, 0) is 10.8 Å². The van der Waals surface area contributed by atoms with Gasteiger partial charge in [0.05, 0.1) is 12.2 Å². The summed E-state index contributed by atoms with van der Waals surface area (Å²) in [7, 11) is -2.24. The number of hydrogen-bond donors (Lipinski definition) is 0. The predicted molar refractivity (Wildman–Crippen MR) is 95.2 cm³/mol. The molecule has 0 radical (unpaired) electrons. The van der Waals surface area contributed by atoms with E-state index in [9.17, 15) is 13.2 Å². The van der Waals surface area contributed by atoms with Gasteiger partial charge in [-0.15, -0.1) is 0 Å². The molecular formula is C19H25F3OSi. The van der Waals surface area contributed by atoms with Crippen molar-refractivity contribution < 1.29 is 17.6 Å². The zero-order valence-electron chi connectivity index (χ0n) is 14.9. The number of rotatable bonds is 4. The molecule has 1 rings (SSSR count). The Morgan fingerprint density at radius 3 is 2.21 bits per heavy atom. The number of hydrogen-bond acceptors (Lipinski definition) is 1. The zero-order valence-corrected chi connectivity index (χ0v) is 15.9. The van der Waals surface area contributed by atoms with E-state index in [0.717, 1.165) is 11.6 Å². The van der Waals surface area contributed by atoms with Crippen LogP contribution >= 0.6 is 0 Å². The molecule has 0 amide bonds. The second kappa shape index (κ2) is 8.04. The van der Waals surface area contributed by atoms with Crippen LogP contribution in [0.5, 0.6) is 0 Å². The smallest absolute Gasteiger partial charge is 0.413 e. The molecular weight excluding hydrogens is 329 g/mol. The average Bonchev–Trinajstić information content (AvgIpc) is 2.44. The van der Waals surface area contributed by atoms with Gasteiger partial charge in [0.2, 0.25) is 0 Å². The topological polar surface area (TPSA) is 9.23 Å². The van der Waals surface area contributed by atoms with Gasteiger partial charge in [0.15, 0.2) is 8.32 Å². The fourth-order valence-corrected chi connectivity index (χ4v) is 2.52. The normalized spacial score (nSPS) is 13.4. The van der Waals surface area contributed by atoms with Crippen LogP contribution in [0.4, 0.5) is 13.2 Å². The number of allylic oxidation sites excluding steroid dienone is 1. The standard InChI is InChI=1S/C19H25F3OSi/c1-18(2,3)24(4,5)23-15-17(19(20,21)22)14-10-9-13-16-11-7-6-8-12-16/h6-8,11-12,14H,13,15H2,1-5H3/b17-14+. The van der Waals surface area contributed by atoms with Crippen molar-refractivity contribution in [2.75, 3.05) is 6.61 Å². The minimum absolute atomic E-state index is 0.136. The van der Waals surface area contributed by atoms with Crippen LogP contribution in [0.3, 0.4) is 0 Å². The molecule has 1 nitrogen and oxygen atoms in total. The number of alkyl halides is 3. The lowest BCUT2D eigenvalue weighted by molar-refractivity contribution is -0.0969. The Bertz CT molecular complexity index is 614. The van der Waals surface area contributed by atoms with E-state index in [2.05, 4.69) is 11.8 Å². The monoisotopic (exact) mass is 354 g/mol. The summed E-state index contributed by atoms with van der Waals surface area (Å²) >= 11 is 0. The van der Waals surface area contributed by atoms with Gasteiger partial charge < -0.3 is 4.43 Å². The SMILES string of the molecule is CC(C)(C)[Si](C)(C)OC/C(=C\C#CCc1ccccc1)C(F)(F)F. The lowest BCUT2D eigenvalue weighted by Gasteiger charge is -2.36. The second-order valence-electron chi connectivity index (χ2n) is 7.20. The summed E-state index contributed by atoms with van der Waals surface area (Å²) in [6.45, 7) is 9.41. The first kappa shape index (κ1) is 20.5. The highest BCUT2D eigenvalue weighted by atomic mass is 28.4. The molecule has 0 heterocycles. The Morgan fingerprint density at radius 2 is 1.71 bits per heavy atom. The maximum Gasteiger partial charge on any atom is 0.415 e. The predicted octanol–water partition coefficient (Wildman–Crippen LogP) is 5.74. The molecule has 0 aliphatic carbocycles. The van der Waals surface area contributed by atoms with Crippen molar-refractivity contribution in [2.45, 2.75) is 51.5 Å². The van der Waals surface area contributed by atoms with E-state index in [4.69, 9.17) is 4.43 Å². The molecule has 1 aromatic carbocycles. The second-order valence-corrected chi connectivity index (χ2v) is 12.0. The summed E-state index contributed by atoms with van der Waals surface area (Å²) in [5.41, 5.74) is 0.248. The summed E-state index contributed by atoms with van der Waals surface area (Å²) in [4.78, 5) is 0. The average molecular weight is 354 g/mol. The minimum Gasteiger partial charge on any atom is -0.413 e. The van der Waals surface area contributed by atoms with Gasteiger partial charge in [-0.05, 0) is 29.8 Å². The van der Waals surface area contributed by atoms with Crippen LogP contribution in [0.2, 0.25) is 18.1 Å². The fourth-order valence-electron chi connectivity index (χ4n) is 1.57. The number of benzene rings is 1. The van der Waals surface area contributed by atoms with Crippen molar-refractivity contribution in [3.8, 4) is 11.8 Å². The quantitative estimate of drug-likeness (QED) is 0.495. The van der Waals surface area contributed by atoms with E-state index >= 15 is 0 Å². The largest absolute Gasteiger partial charge is 0.415 e. The van der Waals surface area contributed by atoms with E-state index in [0.29, 0.717) is 6.42 Å². The minimum atomic E-state index is -4.43. The molecule has 0 bridgehead atoms. The summed E-state index contributed by atoms with van der Waals surface area (Å²) in [6, 6.07) is 9.42. The Labute approximate surface area is 144 Å². The van der Waals surface area contributed by atoms with Crippen LogP contribution in [0.1, 0.15) is 26.3 Å². The molecule has 132 valence electrons. The number of halogens is 3. The molecule has 0 aromatic heterocycles. The van der Waals surface area contributed by atoms with Gasteiger partial charge in [-0.1, -0.05) is 62.9 Å². The molecule has 1 aromatic rings. The first-order valence-corrected chi connectivity index (χ1v) is 10.8. The van der Waals surface area contributed by atoms with E-state index in [1.807, 2.05) is 64.2 Å². The molecule has 0 N–H and O–H groups in total. The highest BCUT2D eigenvalue weighted by Gasteiger charge is 2.40. The molecule has 0 saturated carbocycles. The molecule has 0 saturated heterocycles. The summed E-state index contributed by atoms with van der Waals surface area (Å²) in [5.74, 6) is 5.28. The fraction of sp³-hybridized carbons (Fsp3) is 0.474. The Hall–Kier alpha value is -1.51. The van der Waals surface area contributed by atoms with Crippen LogP contribution in [0.15, 0.2) is 42.0 Å². The summed E-state index contributed by atoms with van der Waals surface area (Å²) < 4.78 is 45.1. The van der Waals surface area contributed by atoms with Crippen molar-refractivity contribution in [1.29, 1.82) is 0 Å². The molecule has 0 unspecified atom stereocenters. The highest BCUT2D eigenvalue weighted by molar-refractivity contribution is 6.74. The lowest BCUT2D eigenvalue weighted by atomic mass is 10.1. The molecule has 0 atom stereocenters. The van der Waals surface area contributed by atoms with Gasteiger partial charge in [-0.25, -0.2) is 0 Å². The third-order valence-corrected chi connectivity index (χ3v) is 8.72. The maximum absolute atomic E-state index is 13.1. The lowest BCUT2D eigenvalue weighted by Crippen LogP contribution is -2.41. The Morgan fingerprint density at radius 1 is 1.12 bits per heavy atom. The molecule has 0 spiro atoms. The van der Waals surface area contributed by atoms with E-state index in [1.165, 1.54) is 0 Å².